The minimum atomic E-state index is -0.246. The van der Waals surface area contributed by atoms with Gasteiger partial charge in [-0.05, 0) is 38.5 Å². The Morgan fingerprint density at radius 2 is 1.81 bits per heavy atom. The first-order valence-electron chi connectivity index (χ1n) is 7.57. The summed E-state index contributed by atoms with van der Waals surface area (Å²) in [6.45, 7) is 8.14. The molecule has 1 saturated heterocycles. The molecule has 1 aliphatic heterocycles. The van der Waals surface area contributed by atoms with Gasteiger partial charge in [0.1, 0.15) is 5.82 Å². The number of aliphatic hydroxyl groups is 1. The lowest BCUT2D eigenvalue weighted by Gasteiger charge is -2.41. The van der Waals surface area contributed by atoms with Gasteiger partial charge in [0.15, 0.2) is 0 Å². The van der Waals surface area contributed by atoms with E-state index in [1.54, 1.807) is 12.1 Å². The maximum atomic E-state index is 14.1. The normalized spacial score (nSPS) is 19.1. The van der Waals surface area contributed by atoms with Crippen molar-refractivity contribution in [2.24, 2.45) is 0 Å². The largest absolute Gasteiger partial charge is 0.396 e. The molecule has 1 atom stereocenters. The molecule has 0 radical (unpaired) electrons. The number of hydrogen-bond donors (Lipinski definition) is 1. The highest BCUT2D eigenvalue weighted by Crippen LogP contribution is 2.29. The molecule has 0 amide bonds. The van der Waals surface area contributed by atoms with Crippen LogP contribution >= 0.6 is 11.6 Å². The third kappa shape index (κ3) is 4.16. The third-order valence-corrected chi connectivity index (χ3v) is 4.47. The Morgan fingerprint density at radius 1 is 1.19 bits per heavy atom. The summed E-state index contributed by atoms with van der Waals surface area (Å²) in [5, 5.41) is 9.87. The van der Waals surface area contributed by atoms with Crippen LogP contribution in [0.5, 0.6) is 0 Å². The molecule has 1 N–H and O–H groups in total. The van der Waals surface area contributed by atoms with Crippen molar-refractivity contribution in [2.45, 2.75) is 32.4 Å². The van der Waals surface area contributed by atoms with E-state index in [2.05, 4.69) is 23.6 Å². The van der Waals surface area contributed by atoms with Crippen LogP contribution in [-0.2, 0) is 0 Å². The Morgan fingerprint density at radius 3 is 2.38 bits per heavy atom. The number of piperazine rings is 1. The van der Waals surface area contributed by atoms with Crippen molar-refractivity contribution >= 4 is 11.6 Å². The van der Waals surface area contributed by atoms with Gasteiger partial charge < -0.3 is 5.11 Å². The third-order valence-electron chi connectivity index (χ3n) is 4.24. The van der Waals surface area contributed by atoms with Crippen LogP contribution in [0.3, 0.4) is 0 Å². The van der Waals surface area contributed by atoms with E-state index in [1.807, 2.05) is 0 Å². The van der Waals surface area contributed by atoms with E-state index in [4.69, 9.17) is 11.6 Å². The Hall–Kier alpha value is -0.680. The van der Waals surface area contributed by atoms with Crippen molar-refractivity contribution < 1.29 is 9.50 Å². The van der Waals surface area contributed by atoms with E-state index in [9.17, 15) is 9.50 Å². The number of hydrogen-bond acceptors (Lipinski definition) is 3. The first-order valence-corrected chi connectivity index (χ1v) is 7.94. The van der Waals surface area contributed by atoms with Gasteiger partial charge in [-0.3, -0.25) is 9.80 Å². The SMILES string of the molecule is CC(C)N1CCN([C@H](CCO)c2cc(Cl)ccc2F)CC1. The van der Waals surface area contributed by atoms with E-state index >= 15 is 0 Å². The molecule has 0 spiro atoms. The molecule has 118 valence electrons. The molecule has 3 nitrogen and oxygen atoms in total. The van der Waals surface area contributed by atoms with E-state index in [-0.39, 0.29) is 18.5 Å². The fourth-order valence-electron chi connectivity index (χ4n) is 2.99. The fourth-order valence-corrected chi connectivity index (χ4v) is 3.17. The van der Waals surface area contributed by atoms with E-state index in [0.29, 0.717) is 23.0 Å². The molecule has 1 aromatic carbocycles. The summed E-state index contributed by atoms with van der Waals surface area (Å²) in [7, 11) is 0. The molecule has 0 unspecified atom stereocenters. The van der Waals surface area contributed by atoms with Gasteiger partial charge in [0, 0.05) is 55.5 Å². The average Bonchev–Trinajstić information content (AvgIpc) is 2.48. The van der Waals surface area contributed by atoms with Gasteiger partial charge in [0.05, 0.1) is 0 Å². The van der Waals surface area contributed by atoms with Crippen LogP contribution in [0.25, 0.3) is 0 Å². The molecule has 0 aromatic heterocycles. The summed E-state index contributed by atoms with van der Waals surface area (Å²) >= 11 is 6.01. The molecule has 0 bridgehead atoms. The van der Waals surface area contributed by atoms with Gasteiger partial charge in [0.2, 0.25) is 0 Å². The molecule has 2 rings (SSSR count). The van der Waals surface area contributed by atoms with Crippen LogP contribution in [0.4, 0.5) is 4.39 Å². The van der Waals surface area contributed by atoms with Gasteiger partial charge in [-0.2, -0.15) is 0 Å². The second-order valence-corrected chi connectivity index (χ2v) is 6.30. The maximum Gasteiger partial charge on any atom is 0.128 e. The van der Waals surface area contributed by atoms with Gasteiger partial charge in [-0.15, -0.1) is 0 Å². The predicted octanol–water partition coefficient (Wildman–Crippen LogP) is 2.93. The van der Waals surface area contributed by atoms with Gasteiger partial charge >= 0.3 is 0 Å². The minimum Gasteiger partial charge on any atom is -0.396 e. The van der Waals surface area contributed by atoms with Crippen molar-refractivity contribution in [3.63, 3.8) is 0 Å². The lowest BCUT2D eigenvalue weighted by atomic mass is 10.0. The Kier molecular flexibility index (Phi) is 5.99. The zero-order chi connectivity index (χ0) is 15.4. The second kappa shape index (κ2) is 7.54. The molecule has 0 aliphatic carbocycles. The second-order valence-electron chi connectivity index (χ2n) is 5.86. The highest BCUT2D eigenvalue weighted by Gasteiger charge is 2.27. The molecule has 1 aliphatic rings. The summed E-state index contributed by atoms with van der Waals surface area (Å²) in [6.07, 6.45) is 0.527. The molecule has 1 fully saturated rings. The smallest absolute Gasteiger partial charge is 0.128 e. The first kappa shape index (κ1) is 16.7. The zero-order valence-electron chi connectivity index (χ0n) is 12.7. The Bertz CT molecular complexity index is 462. The Balaban J connectivity index is 2.14. The van der Waals surface area contributed by atoms with Crippen LogP contribution < -0.4 is 0 Å². The summed E-state index contributed by atoms with van der Waals surface area (Å²) in [5.41, 5.74) is 0.592. The van der Waals surface area contributed by atoms with Gasteiger partial charge in [-0.25, -0.2) is 4.39 Å². The van der Waals surface area contributed by atoms with E-state index in [1.165, 1.54) is 6.07 Å². The standard InChI is InChI=1S/C16H24ClFN2O/c1-12(2)19-6-8-20(9-7-19)16(5-10-21)14-11-13(17)3-4-15(14)18/h3-4,11-12,16,21H,5-10H2,1-2H3/t16-/m1/s1. The van der Waals surface area contributed by atoms with E-state index < -0.39 is 0 Å². The number of aliphatic hydroxyl groups excluding tert-OH is 1. The number of benzene rings is 1. The number of halogens is 2. The number of nitrogens with zero attached hydrogens (tertiary/aromatic N) is 2. The first-order chi connectivity index (χ1) is 10.0. The van der Waals surface area contributed by atoms with Crippen LogP contribution in [0.15, 0.2) is 18.2 Å². The van der Waals surface area contributed by atoms with Gasteiger partial charge in [0.25, 0.3) is 0 Å². The minimum absolute atomic E-state index is 0.0427. The van der Waals surface area contributed by atoms with Crippen molar-refractivity contribution in [1.29, 1.82) is 0 Å². The van der Waals surface area contributed by atoms with Crippen molar-refractivity contribution in [3.8, 4) is 0 Å². The topological polar surface area (TPSA) is 26.7 Å². The molecule has 1 aromatic rings. The predicted molar refractivity (Wildman–Crippen MR) is 84.1 cm³/mol. The summed E-state index contributed by atoms with van der Waals surface area (Å²) in [4.78, 5) is 4.67. The summed E-state index contributed by atoms with van der Waals surface area (Å²) < 4.78 is 14.1. The molecule has 1 heterocycles. The van der Waals surface area contributed by atoms with Crippen molar-refractivity contribution in [2.75, 3.05) is 32.8 Å². The highest BCUT2D eigenvalue weighted by atomic mass is 35.5. The monoisotopic (exact) mass is 314 g/mol. The van der Waals surface area contributed by atoms with Crippen molar-refractivity contribution in [3.05, 3.63) is 34.6 Å². The average molecular weight is 315 g/mol. The van der Waals surface area contributed by atoms with E-state index in [0.717, 1.165) is 26.2 Å². The summed E-state index contributed by atoms with van der Waals surface area (Å²) in [6, 6.07) is 5.08. The molecule has 0 saturated carbocycles. The lowest BCUT2D eigenvalue weighted by molar-refractivity contribution is 0.0662. The zero-order valence-corrected chi connectivity index (χ0v) is 13.5. The van der Waals surface area contributed by atoms with Crippen LogP contribution in [-0.4, -0.2) is 53.7 Å². The van der Waals surface area contributed by atoms with Gasteiger partial charge in [-0.1, -0.05) is 11.6 Å². The number of rotatable bonds is 5. The molecule has 21 heavy (non-hydrogen) atoms. The van der Waals surface area contributed by atoms with Crippen molar-refractivity contribution in [1.82, 2.24) is 9.80 Å². The maximum absolute atomic E-state index is 14.1. The summed E-state index contributed by atoms with van der Waals surface area (Å²) in [5.74, 6) is -0.246. The quantitative estimate of drug-likeness (QED) is 0.905. The Labute approximate surface area is 131 Å². The van der Waals surface area contributed by atoms with Crippen LogP contribution in [0.2, 0.25) is 5.02 Å². The lowest BCUT2D eigenvalue weighted by Crippen LogP contribution is -2.50. The highest BCUT2D eigenvalue weighted by molar-refractivity contribution is 6.30. The molecular weight excluding hydrogens is 291 g/mol. The fraction of sp³-hybridized carbons (Fsp3) is 0.625. The van der Waals surface area contributed by atoms with Crippen LogP contribution in [0, 0.1) is 5.82 Å². The molecule has 5 heteroatoms. The molecular formula is C16H24ClFN2O. The van der Waals surface area contributed by atoms with Crippen LogP contribution in [0.1, 0.15) is 31.9 Å².